The molecule has 0 saturated carbocycles. The molecule has 0 amide bonds. The van der Waals surface area contributed by atoms with Crippen LogP contribution in [0.3, 0.4) is 0 Å². The molecule has 0 spiro atoms. The normalized spacial score (nSPS) is 20.0. The predicted molar refractivity (Wildman–Crippen MR) is 84.2 cm³/mol. The predicted octanol–water partition coefficient (Wildman–Crippen LogP) is 3.31. The third kappa shape index (κ3) is 4.61. The molecule has 1 aliphatic heterocycles. The molecule has 4 heteroatoms. The Morgan fingerprint density at radius 3 is 2.81 bits per heavy atom. The number of nitrogens with one attached hydrogen (secondary N) is 1. The number of hydrogen-bond donors (Lipinski definition) is 1. The highest BCUT2D eigenvalue weighted by atomic mass is 16.5. The van der Waals surface area contributed by atoms with Gasteiger partial charge in [-0.05, 0) is 57.4 Å². The minimum atomic E-state index is 0.221. The van der Waals surface area contributed by atoms with E-state index in [1.807, 2.05) is 18.2 Å². The lowest BCUT2D eigenvalue weighted by Crippen LogP contribution is -2.27. The van der Waals surface area contributed by atoms with Gasteiger partial charge in [0.1, 0.15) is 11.5 Å². The van der Waals surface area contributed by atoms with Crippen molar-refractivity contribution in [2.45, 2.75) is 44.8 Å². The maximum atomic E-state index is 5.76. The zero-order valence-electron chi connectivity index (χ0n) is 13.4. The summed E-state index contributed by atoms with van der Waals surface area (Å²) >= 11 is 0. The summed E-state index contributed by atoms with van der Waals surface area (Å²) < 4.78 is 16.5. The molecule has 1 aliphatic rings. The summed E-state index contributed by atoms with van der Waals surface area (Å²) in [6.07, 6.45) is 5.19. The van der Waals surface area contributed by atoms with Crippen molar-refractivity contribution < 1.29 is 14.2 Å². The van der Waals surface area contributed by atoms with Crippen LogP contribution in [0.4, 0.5) is 0 Å². The molecule has 2 rings (SSSR count). The van der Waals surface area contributed by atoms with Gasteiger partial charge in [0.05, 0.1) is 20.3 Å². The molecule has 1 aromatic carbocycles. The molecule has 0 aliphatic carbocycles. The number of ether oxygens (including phenoxy) is 3. The van der Waals surface area contributed by atoms with Gasteiger partial charge in [-0.2, -0.15) is 0 Å². The van der Waals surface area contributed by atoms with Gasteiger partial charge in [-0.3, -0.25) is 0 Å². The van der Waals surface area contributed by atoms with Crippen molar-refractivity contribution in [3.63, 3.8) is 0 Å². The average Bonchev–Trinajstić information content (AvgIpc) is 2.55. The van der Waals surface area contributed by atoms with Crippen LogP contribution in [0.25, 0.3) is 0 Å². The fourth-order valence-electron chi connectivity index (χ4n) is 2.78. The van der Waals surface area contributed by atoms with Crippen molar-refractivity contribution in [3.05, 3.63) is 23.8 Å². The Kier molecular flexibility index (Phi) is 6.33. The minimum absolute atomic E-state index is 0.221. The molecule has 1 fully saturated rings. The van der Waals surface area contributed by atoms with Crippen LogP contribution < -0.4 is 14.8 Å². The van der Waals surface area contributed by atoms with Crippen molar-refractivity contribution in [2.75, 3.05) is 27.4 Å². The van der Waals surface area contributed by atoms with E-state index in [-0.39, 0.29) is 6.04 Å². The van der Waals surface area contributed by atoms with Gasteiger partial charge in [-0.25, -0.2) is 0 Å². The molecule has 0 bridgehead atoms. The molecule has 0 aromatic heterocycles. The van der Waals surface area contributed by atoms with E-state index in [0.717, 1.165) is 36.6 Å². The van der Waals surface area contributed by atoms with E-state index in [4.69, 9.17) is 14.2 Å². The van der Waals surface area contributed by atoms with Crippen molar-refractivity contribution in [1.82, 2.24) is 5.32 Å². The molecule has 4 nitrogen and oxygen atoms in total. The summed E-state index contributed by atoms with van der Waals surface area (Å²) in [4.78, 5) is 0. The van der Waals surface area contributed by atoms with Crippen molar-refractivity contribution in [3.8, 4) is 11.5 Å². The monoisotopic (exact) mass is 293 g/mol. The molecular weight excluding hydrogens is 266 g/mol. The molecular formula is C17H27NO3. The number of rotatable bonds is 7. The summed E-state index contributed by atoms with van der Waals surface area (Å²) in [6.45, 7) is 4.02. The van der Waals surface area contributed by atoms with Crippen LogP contribution >= 0.6 is 0 Å². The molecule has 1 heterocycles. The van der Waals surface area contributed by atoms with Crippen LogP contribution in [-0.2, 0) is 4.74 Å². The van der Waals surface area contributed by atoms with Gasteiger partial charge in [0.15, 0.2) is 0 Å². The van der Waals surface area contributed by atoms with Gasteiger partial charge in [0.25, 0.3) is 0 Å². The Bertz CT molecular complexity index is 430. The second-order valence-corrected chi connectivity index (χ2v) is 5.56. The summed E-state index contributed by atoms with van der Waals surface area (Å²) in [5.74, 6) is 1.75. The summed E-state index contributed by atoms with van der Waals surface area (Å²) in [5.41, 5.74) is 1.13. The zero-order chi connectivity index (χ0) is 15.1. The third-order valence-corrected chi connectivity index (χ3v) is 4.09. The highest BCUT2D eigenvalue weighted by molar-refractivity contribution is 5.42. The fourth-order valence-corrected chi connectivity index (χ4v) is 2.78. The second-order valence-electron chi connectivity index (χ2n) is 5.56. The van der Waals surface area contributed by atoms with E-state index < -0.39 is 0 Å². The topological polar surface area (TPSA) is 39.7 Å². The standard InChI is InChI=1S/C17H27NO3/c1-13(18-10-9-14-6-4-5-11-21-14)16-12-15(19-2)7-8-17(16)20-3/h7-8,12-14,18H,4-6,9-11H2,1-3H3. The highest BCUT2D eigenvalue weighted by Crippen LogP contribution is 2.29. The van der Waals surface area contributed by atoms with E-state index in [1.165, 1.54) is 19.3 Å². The fraction of sp³-hybridized carbons (Fsp3) is 0.647. The SMILES string of the molecule is COc1ccc(OC)c(C(C)NCCC2CCCCO2)c1. The van der Waals surface area contributed by atoms with E-state index in [2.05, 4.69) is 12.2 Å². The largest absolute Gasteiger partial charge is 0.497 e. The minimum Gasteiger partial charge on any atom is -0.497 e. The highest BCUT2D eigenvalue weighted by Gasteiger charge is 2.15. The number of methoxy groups -OCH3 is 2. The maximum absolute atomic E-state index is 5.76. The molecule has 2 unspecified atom stereocenters. The summed E-state index contributed by atoms with van der Waals surface area (Å²) in [7, 11) is 3.39. The molecule has 1 saturated heterocycles. The Morgan fingerprint density at radius 1 is 1.29 bits per heavy atom. The molecule has 0 radical (unpaired) electrons. The quantitative estimate of drug-likeness (QED) is 0.837. The van der Waals surface area contributed by atoms with E-state index in [1.54, 1.807) is 14.2 Å². The van der Waals surface area contributed by atoms with Crippen molar-refractivity contribution >= 4 is 0 Å². The first-order valence-corrected chi connectivity index (χ1v) is 7.81. The van der Waals surface area contributed by atoms with Crippen LogP contribution in [-0.4, -0.2) is 33.5 Å². The van der Waals surface area contributed by atoms with Crippen LogP contribution in [0.1, 0.15) is 44.2 Å². The molecule has 1 N–H and O–H groups in total. The Morgan fingerprint density at radius 2 is 2.14 bits per heavy atom. The van der Waals surface area contributed by atoms with Crippen molar-refractivity contribution in [2.24, 2.45) is 0 Å². The Balaban J connectivity index is 1.88. The first kappa shape index (κ1) is 16.1. The average molecular weight is 293 g/mol. The molecule has 21 heavy (non-hydrogen) atoms. The first-order valence-electron chi connectivity index (χ1n) is 7.81. The molecule has 2 atom stereocenters. The lowest BCUT2D eigenvalue weighted by Gasteiger charge is -2.24. The second kappa shape index (κ2) is 8.25. The Labute approximate surface area is 127 Å². The summed E-state index contributed by atoms with van der Waals surface area (Å²) in [5, 5.41) is 3.56. The van der Waals surface area contributed by atoms with Gasteiger partial charge in [-0.15, -0.1) is 0 Å². The van der Waals surface area contributed by atoms with Gasteiger partial charge in [0.2, 0.25) is 0 Å². The summed E-state index contributed by atoms with van der Waals surface area (Å²) in [6, 6.07) is 6.13. The lowest BCUT2D eigenvalue weighted by molar-refractivity contribution is 0.0112. The number of hydrogen-bond acceptors (Lipinski definition) is 4. The van der Waals surface area contributed by atoms with Crippen molar-refractivity contribution in [1.29, 1.82) is 0 Å². The van der Waals surface area contributed by atoms with Crippen LogP contribution in [0.5, 0.6) is 11.5 Å². The van der Waals surface area contributed by atoms with Gasteiger partial charge < -0.3 is 19.5 Å². The van der Waals surface area contributed by atoms with Gasteiger partial charge >= 0.3 is 0 Å². The van der Waals surface area contributed by atoms with E-state index >= 15 is 0 Å². The van der Waals surface area contributed by atoms with E-state index in [0.29, 0.717) is 6.10 Å². The Hall–Kier alpha value is -1.26. The molecule has 118 valence electrons. The van der Waals surface area contributed by atoms with Crippen LogP contribution in [0.15, 0.2) is 18.2 Å². The van der Waals surface area contributed by atoms with E-state index in [9.17, 15) is 0 Å². The van der Waals surface area contributed by atoms with Gasteiger partial charge in [-0.1, -0.05) is 0 Å². The zero-order valence-corrected chi connectivity index (χ0v) is 13.4. The maximum Gasteiger partial charge on any atom is 0.123 e. The molecule has 1 aromatic rings. The first-order chi connectivity index (χ1) is 10.2. The number of benzene rings is 1. The third-order valence-electron chi connectivity index (χ3n) is 4.09. The van der Waals surface area contributed by atoms with Gasteiger partial charge in [0, 0.05) is 18.2 Å². The van der Waals surface area contributed by atoms with Crippen LogP contribution in [0.2, 0.25) is 0 Å². The lowest BCUT2D eigenvalue weighted by atomic mass is 10.0. The van der Waals surface area contributed by atoms with Crippen LogP contribution in [0, 0.1) is 0 Å². The smallest absolute Gasteiger partial charge is 0.123 e.